The Hall–Kier alpha value is -2.24. The highest BCUT2D eigenvalue weighted by Gasteiger charge is 2.55. The van der Waals surface area contributed by atoms with Gasteiger partial charge in [-0.1, -0.05) is 25.4 Å². The van der Waals surface area contributed by atoms with Crippen molar-refractivity contribution in [1.82, 2.24) is 20.0 Å². The van der Waals surface area contributed by atoms with Crippen LogP contribution in [0.5, 0.6) is 0 Å². The molecule has 1 amide bonds. The third-order valence-corrected chi connectivity index (χ3v) is 5.45. The fourth-order valence-corrected chi connectivity index (χ4v) is 4.14. The number of fused-ring (bicyclic) bond motifs is 1. The van der Waals surface area contributed by atoms with Crippen LogP contribution in [0.2, 0.25) is 0 Å². The Labute approximate surface area is 141 Å². The Kier molecular flexibility index (Phi) is 3.62. The molecule has 0 spiro atoms. The lowest BCUT2D eigenvalue weighted by atomic mass is 9.80. The normalized spacial score (nSPS) is 26.1. The second kappa shape index (κ2) is 5.69. The van der Waals surface area contributed by atoms with Crippen molar-refractivity contribution in [2.75, 3.05) is 13.1 Å². The zero-order valence-corrected chi connectivity index (χ0v) is 14.1. The third-order valence-electron chi connectivity index (χ3n) is 5.45. The lowest BCUT2D eigenvalue weighted by Gasteiger charge is -2.24. The summed E-state index contributed by atoms with van der Waals surface area (Å²) >= 11 is 0. The van der Waals surface area contributed by atoms with Gasteiger partial charge in [0.15, 0.2) is 5.82 Å². The van der Waals surface area contributed by atoms with Crippen molar-refractivity contribution < 1.29 is 9.32 Å². The molecule has 1 aliphatic heterocycles. The molecule has 2 aromatic heterocycles. The minimum atomic E-state index is -0.169. The van der Waals surface area contributed by atoms with Crippen molar-refractivity contribution >= 4 is 5.91 Å². The Morgan fingerprint density at radius 1 is 1.46 bits per heavy atom. The topological polar surface area (TPSA) is 72.1 Å². The number of amides is 1. The van der Waals surface area contributed by atoms with Gasteiger partial charge in [-0.25, -0.2) is 0 Å². The molecule has 0 unspecified atom stereocenters. The maximum atomic E-state index is 12.8. The van der Waals surface area contributed by atoms with Crippen LogP contribution >= 0.6 is 0 Å². The van der Waals surface area contributed by atoms with Crippen LogP contribution in [0.3, 0.4) is 0 Å². The number of rotatable bonds is 3. The molecule has 3 heterocycles. The summed E-state index contributed by atoms with van der Waals surface area (Å²) < 4.78 is 5.64. The zero-order valence-electron chi connectivity index (χ0n) is 14.1. The van der Waals surface area contributed by atoms with E-state index < -0.39 is 0 Å². The van der Waals surface area contributed by atoms with Crippen LogP contribution in [-0.2, 0) is 5.41 Å². The van der Waals surface area contributed by atoms with Gasteiger partial charge in [0.25, 0.3) is 5.91 Å². The standard InChI is InChI=1S/C18H22N4O2/c1-12(2)15-20-17(24-21-15)18-7-3-6-14(18)10-22(11-18)16(23)13-5-4-8-19-9-13/h4-5,8-9,12,14H,3,6-7,10-11H2,1-2H3/t14-,18-/m1/s1. The molecule has 2 aromatic rings. The zero-order chi connectivity index (χ0) is 16.7. The van der Waals surface area contributed by atoms with Gasteiger partial charge in [0.05, 0.1) is 11.0 Å². The Morgan fingerprint density at radius 3 is 3.04 bits per heavy atom. The molecule has 2 aliphatic rings. The van der Waals surface area contributed by atoms with Crippen molar-refractivity contribution in [2.45, 2.75) is 44.4 Å². The van der Waals surface area contributed by atoms with E-state index in [0.29, 0.717) is 18.0 Å². The second-order valence-electron chi connectivity index (χ2n) is 7.29. The van der Waals surface area contributed by atoms with Gasteiger partial charge in [-0.05, 0) is 30.9 Å². The lowest BCUT2D eigenvalue weighted by molar-refractivity contribution is 0.0774. The van der Waals surface area contributed by atoms with E-state index >= 15 is 0 Å². The largest absolute Gasteiger partial charge is 0.339 e. The fourth-order valence-electron chi connectivity index (χ4n) is 4.14. The van der Waals surface area contributed by atoms with Crippen molar-refractivity contribution in [3.8, 4) is 0 Å². The van der Waals surface area contributed by atoms with E-state index in [2.05, 4.69) is 29.0 Å². The van der Waals surface area contributed by atoms with Crippen LogP contribution in [-0.4, -0.2) is 39.0 Å². The smallest absolute Gasteiger partial charge is 0.255 e. The molecule has 126 valence electrons. The molecule has 2 fully saturated rings. The van der Waals surface area contributed by atoms with E-state index in [4.69, 9.17) is 4.52 Å². The van der Waals surface area contributed by atoms with Gasteiger partial charge in [0, 0.05) is 31.4 Å². The first-order chi connectivity index (χ1) is 11.6. The average Bonchev–Trinajstić information content (AvgIpc) is 3.28. The van der Waals surface area contributed by atoms with Gasteiger partial charge in [-0.3, -0.25) is 9.78 Å². The summed E-state index contributed by atoms with van der Waals surface area (Å²) in [6, 6.07) is 3.62. The Bertz CT molecular complexity index is 742. The summed E-state index contributed by atoms with van der Waals surface area (Å²) in [5, 5.41) is 4.14. The number of nitrogens with zero attached hydrogens (tertiary/aromatic N) is 4. The van der Waals surface area contributed by atoms with E-state index in [-0.39, 0.29) is 17.2 Å². The molecule has 4 rings (SSSR count). The summed E-state index contributed by atoms with van der Waals surface area (Å²) in [6.45, 7) is 5.54. The highest BCUT2D eigenvalue weighted by molar-refractivity contribution is 5.94. The van der Waals surface area contributed by atoms with Crippen LogP contribution in [0.4, 0.5) is 0 Å². The maximum Gasteiger partial charge on any atom is 0.255 e. The first kappa shape index (κ1) is 15.3. The Morgan fingerprint density at radius 2 is 2.33 bits per heavy atom. The molecule has 24 heavy (non-hydrogen) atoms. The van der Waals surface area contributed by atoms with E-state index in [0.717, 1.165) is 37.5 Å². The average molecular weight is 326 g/mol. The van der Waals surface area contributed by atoms with Gasteiger partial charge in [-0.2, -0.15) is 4.98 Å². The highest BCUT2D eigenvalue weighted by Crippen LogP contribution is 2.50. The molecule has 6 nitrogen and oxygen atoms in total. The van der Waals surface area contributed by atoms with Crippen LogP contribution in [0.15, 0.2) is 29.0 Å². The van der Waals surface area contributed by atoms with Gasteiger partial charge in [0.2, 0.25) is 5.89 Å². The summed E-state index contributed by atoms with van der Waals surface area (Å²) in [5.74, 6) is 2.16. The summed E-state index contributed by atoms with van der Waals surface area (Å²) in [5.41, 5.74) is 0.471. The number of carbonyl (C=O) groups excluding carboxylic acids is 1. The quantitative estimate of drug-likeness (QED) is 0.867. The molecule has 1 aliphatic carbocycles. The molecule has 0 aromatic carbocycles. The van der Waals surface area contributed by atoms with E-state index in [1.165, 1.54) is 0 Å². The van der Waals surface area contributed by atoms with Crippen molar-refractivity contribution in [2.24, 2.45) is 5.92 Å². The minimum Gasteiger partial charge on any atom is -0.339 e. The molecule has 0 bridgehead atoms. The molecule has 2 atom stereocenters. The predicted octanol–water partition coefficient (Wildman–Crippen LogP) is 2.78. The molecule has 6 heteroatoms. The van der Waals surface area contributed by atoms with Crippen molar-refractivity contribution in [3.63, 3.8) is 0 Å². The van der Waals surface area contributed by atoms with E-state index in [1.54, 1.807) is 18.5 Å². The summed E-state index contributed by atoms with van der Waals surface area (Å²) in [7, 11) is 0. The van der Waals surface area contributed by atoms with Gasteiger partial charge in [0.1, 0.15) is 0 Å². The van der Waals surface area contributed by atoms with E-state index in [1.807, 2.05) is 11.0 Å². The van der Waals surface area contributed by atoms with E-state index in [9.17, 15) is 4.79 Å². The molecule has 1 saturated carbocycles. The van der Waals surface area contributed by atoms with Crippen LogP contribution < -0.4 is 0 Å². The maximum absolute atomic E-state index is 12.8. The number of hydrogen-bond donors (Lipinski definition) is 0. The van der Waals surface area contributed by atoms with Crippen LogP contribution in [0, 0.1) is 5.92 Å². The highest BCUT2D eigenvalue weighted by atomic mass is 16.5. The lowest BCUT2D eigenvalue weighted by Crippen LogP contribution is -2.35. The fraction of sp³-hybridized carbons (Fsp3) is 0.556. The molecular formula is C18H22N4O2. The van der Waals surface area contributed by atoms with Gasteiger partial charge >= 0.3 is 0 Å². The minimum absolute atomic E-state index is 0.0421. The predicted molar refractivity (Wildman–Crippen MR) is 87.5 cm³/mol. The third kappa shape index (κ3) is 2.32. The van der Waals surface area contributed by atoms with Crippen LogP contribution in [0.25, 0.3) is 0 Å². The van der Waals surface area contributed by atoms with Crippen molar-refractivity contribution in [1.29, 1.82) is 0 Å². The molecule has 0 N–H and O–H groups in total. The van der Waals surface area contributed by atoms with Gasteiger partial charge in [-0.15, -0.1) is 0 Å². The summed E-state index contributed by atoms with van der Waals surface area (Å²) in [6.07, 6.45) is 6.58. The first-order valence-corrected chi connectivity index (χ1v) is 8.63. The molecular weight excluding hydrogens is 304 g/mol. The monoisotopic (exact) mass is 326 g/mol. The number of hydrogen-bond acceptors (Lipinski definition) is 5. The number of carbonyl (C=O) groups is 1. The first-order valence-electron chi connectivity index (χ1n) is 8.63. The molecule has 1 saturated heterocycles. The number of likely N-dealkylation sites (tertiary alicyclic amines) is 1. The summed E-state index contributed by atoms with van der Waals surface area (Å²) in [4.78, 5) is 23.4. The Balaban J connectivity index is 1.62. The number of pyridine rings is 1. The SMILES string of the molecule is CC(C)c1noc([C@@]23CCC[C@@H]2CN(C(=O)c2cccnc2)C3)n1. The number of aromatic nitrogens is 3. The van der Waals surface area contributed by atoms with Crippen molar-refractivity contribution in [3.05, 3.63) is 41.8 Å². The van der Waals surface area contributed by atoms with Crippen LogP contribution in [0.1, 0.15) is 61.1 Å². The second-order valence-corrected chi connectivity index (χ2v) is 7.29. The van der Waals surface area contributed by atoms with Gasteiger partial charge < -0.3 is 9.42 Å². The molecule has 0 radical (unpaired) electrons.